The summed E-state index contributed by atoms with van der Waals surface area (Å²) in [5.41, 5.74) is 4.15. The highest BCUT2D eigenvalue weighted by Gasteiger charge is 2.27. The van der Waals surface area contributed by atoms with E-state index in [-0.39, 0.29) is 5.91 Å². The Hall–Kier alpha value is -2.14. The van der Waals surface area contributed by atoms with Crippen LogP contribution in [0.2, 0.25) is 0 Å². The number of benzene rings is 1. The first kappa shape index (κ1) is 20.1. The zero-order valence-electron chi connectivity index (χ0n) is 17.4. The van der Waals surface area contributed by atoms with Gasteiger partial charge in [-0.15, -0.1) is 11.3 Å². The molecule has 154 valence electrons. The van der Waals surface area contributed by atoms with Crippen LogP contribution < -0.4 is 10.1 Å². The van der Waals surface area contributed by atoms with E-state index >= 15 is 0 Å². The topological polar surface area (TPSA) is 50.7 Å². The van der Waals surface area contributed by atoms with Crippen molar-refractivity contribution >= 4 is 28.5 Å². The van der Waals surface area contributed by atoms with Crippen LogP contribution in [0.1, 0.15) is 76.9 Å². The second-order valence-electron chi connectivity index (χ2n) is 8.19. The predicted octanol–water partition coefficient (Wildman–Crippen LogP) is 5.76. The predicted molar refractivity (Wildman–Crippen MR) is 120 cm³/mol. The largest absolute Gasteiger partial charge is 0.496 e. The van der Waals surface area contributed by atoms with Crippen LogP contribution in [-0.4, -0.2) is 25.3 Å². The van der Waals surface area contributed by atoms with Crippen LogP contribution in [0.5, 0.6) is 5.75 Å². The van der Waals surface area contributed by atoms with Gasteiger partial charge in [0.05, 0.1) is 12.7 Å². The van der Waals surface area contributed by atoms with Crippen LogP contribution in [0, 0.1) is 6.92 Å². The maximum Gasteiger partial charge on any atom is 0.254 e. The Balaban J connectivity index is 1.62. The van der Waals surface area contributed by atoms with E-state index in [9.17, 15) is 4.79 Å². The van der Waals surface area contributed by atoms with Crippen LogP contribution in [0.25, 0.3) is 0 Å². The van der Waals surface area contributed by atoms with Crippen molar-refractivity contribution in [3.63, 3.8) is 0 Å². The number of methoxy groups -OCH3 is 1. The number of rotatable bonds is 5. The summed E-state index contributed by atoms with van der Waals surface area (Å²) < 4.78 is 5.43. The normalized spacial score (nSPS) is 17.3. The fourth-order valence-corrected chi connectivity index (χ4v) is 5.66. The van der Waals surface area contributed by atoms with Crippen LogP contribution in [-0.2, 0) is 12.8 Å². The minimum atomic E-state index is 0.0740. The number of carbonyl (C=O) groups excluding carboxylic acids is 1. The molecule has 2 aliphatic carbocycles. The molecule has 1 aromatic heterocycles. The molecule has 0 saturated heterocycles. The SMILES string of the molecule is COc1cc(/C=N\c2sc3c(c2C(=O)NC2CCCCC2)CCCC3)ccc1C. The second kappa shape index (κ2) is 9.12. The molecule has 0 radical (unpaired) electrons. The monoisotopic (exact) mass is 410 g/mol. The summed E-state index contributed by atoms with van der Waals surface area (Å²) in [7, 11) is 1.68. The van der Waals surface area contributed by atoms with Gasteiger partial charge < -0.3 is 10.1 Å². The number of aryl methyl sites for hydroxylation is 2. The Bertz CT molecular complexity index is 910. The van der Waals surface area contributed by atoms with Crippen molar-refractivity contribution in [2.24, 2.45) is 4.99 Å². The number of ether oxygens (including phenoxy) is 1. The summed E-state index contributed by atoms with van der Waals surface area (Å²) in [4.78, 5) is 19.3. The zero-order valence-corrected chi connectivity index (χ0v) is 18.2. The van der Waals surface area contributed by atoms with Gasteiger partial charge in [-0.25, -0.2) is 4.99 Å². The number of nitrogens with zero attached hydrogens (tertiary/aromatic N) is 1. The Labute approximate surface area is 177 Å². The van der Waals surface area contributed by atoms with Crippen molar-refractivity contribution in [2.75, 3.05) is 7.11 Å². The summed E-state index contributed by atoms with van der Waals surface area (Å²) >= 11 is 1.69. The zero-order chi connectivity index (χ0) is 20.2. The first-order valence-corrected chi connectivity index (χ1v) is 11.6. The third-order valence-corrected chi connectivity index (χ3v) is 7.28. The van der Waals surface area contributed by atoms with Crippen molar-refractivity contribution in [3.05, 3.63) is 45.3 Å². The number of carbonyl (C=O) groups is 1. The third-order valence-electron chi connectivity index (χ3n) is 6.08. The number of thiophene rings is 1. The molecule has 0 atom stereocenters. The van der Waals surface area contributed by atoms with E-state index in [0.717, 1.165) is 59.5 Å². The van der Waals surface area contributed by atoms with Gasteiger partial charge in [-0.2, -0.15) is 0 Å². The number of amides is 1. The third kappa shape index (κ3) is 4.55. The molecule has 1 heterocycles. The lowest BCUT2D eigenvalue weighted by atomic mass is 9.93. The van der Waals surface area contributed by atoms with Crippen molar-refractivity contribution in [3.8, 4) is 5.75 Å². The van der Waals surface area contributed by atoms with E-state index in [0.29, 0.717) is 6.04 Å². The number of fused-ring (bicyclic) bond motifs is 1. The lowest BCUT2D eigenvalue weighted by molar-refractivity contribution is 0.0927. The van der Waals surface area contributed by atoms with Crippen LogP contribution in [0.4, 0.5) is 5.00 Å². The van der Waals surface area contributed by atoms with Gasteiger partial charge in [0.25, 0.3) is 5.91 Å². The van der Waals surface area contributed by atoms with Crippen LogP contribution in [0.15, 0.2) is 23.2 Å². The highest BCUT2D eigenvalue weighted by atomic mass is 32.1. The molecule has 5 heteroatoms. The highest BCUT2D eigenvalue weighted by Crippen LogP contribution is 2.40. The van der Waals surface area contributed by atoms with Gasteiger partial charge in [-0.05, 0) is 68.2 Å². The average molecular weight is 411 g/mol. The maximum atomic E-state index is 13.2. The molecule has 1 fully saturated rings. The molecule has 4 nitrogen and oxygen atoms in total. The molecule has 0 unspecified atom stereocenters. The average Bonchev–Trinajstić information content (AvgIpc) is 3.12. The molecule has 1 amide bonds. The Morgan fingerprint density at radius 3 is 2.76 bits per heavy atom. The van der Waals surface area contributed by atoms with Gasteiger partial charge in [-0.3, -0.25) is 4.79 Å². The smallest absolute Gasteiger partial charge is 0.254 e. The summed E-state index contributed by atoms with van der Waals surface area (Å²) in [5.74, 6) is 0.930. The van der Waals surface area contributed by atoms with Gasteiger partial charge in [0.2, 0.25) is 0 Å². The first-order chi connectivity index (χ1) is 14.2. The van der Waals surface area contributed by atoms with Gasteiger partial charge in [0.1, 0.15) is 10.8 Å². The van der Waals surface area contributed by atoms with E-state index in [1.54, 1.807) is 18.4 Å². The van der Waals surface area contributed by atoms with E-state index in [2.05, 4.69) is 5.32 Å². The molecule has 2 aliphatic rings. The van der Waals surface area contributed by atoms with Crippen molar-refractivity contribution in [2.45, 2.75) is 70.8 Å². The Morgan fingerprint density at radius 1 is 1.17 bits per heavy atom. The van der Waals surface area contributed by atoms with E-state index in [1.807, 2.05) is 31.3 Å². The van der Waals surface area contributed by atoms with E-state index < -0.39 is 0 Å². The molecule has 0 aliphatic heterocycles. The number of hydrogen-bond donors (Lipinski definition) is 1. The number of hydrogen-bond acceptors (Lipinski definition) is 4. The minimum absolute atomic E-state index is 0.0740. The van der Waals surface area contributed by atoms with E-state index in [1.165, 1.54) is 36.1 Å². The molecule has 2 aromatic rings. The first-order valence-electron chi connectivity index (χ1n) is 10.8. The van der Waals surface area contributed by atoms with E-state index in [4.69, 9.17) is 9.73 Å². The Kier molecular flexibility index (Phi) is 6.34. The maximum absolute atomic E-state index is 13.2. The summed E-state index contributed by atoms with van der Waals surface area (Å²) in [5, 5.41) is 4.16. The molecular formula is C24H30N2O2S. The fraction of sp³-hybridized carbons (Fsp3) is 0.500. The molecular weight excluding hydrogens is 380 g/mol. The molecule has 4 rings (SSSR count). The summed E-state index contributed by atoms with van der Waals surface area (Å²) in [6.45, 7) is 2.03. The molecule has 0 bridgehead atoms. The molecule has 1 aromatic carbocycles. The summed E-state index contributed by atoms with van der Waals surface area (Å²) in [6, 6.07) is 6.38. The fourth-order valence-electron chi connectivity index (χ4n) is 4.43. The lowest BCUT2D eigenvalue weighted by Gasteiger charge is -2.23. The highest BCUT2D eigenvalue weighted by molar-refractivity contribution is 7.16. The molecule has 0 spiro atoms. The molecule has 1 N–H and O–H groups in total. The number of nitrogens with one attached hydrogen (secondary N) is 1. The molecule has 29 heavy (non-hydrogen) atoms. The van der Waals surface area contributed by atoms with Crippen LogP contribution >= 0.6 is 11.3 Å². The van der Waals surface area contributed by atoms with Crippen molar-refractivity contribution in [1.29, 1.82) is 0 Å². The standard InChI is InChI=1S/C24H30N2O2S/c1-16-12-13-17(14-20(16)28-2)15-25-24-22(19-10-6-7-11-21(19)29-24)23(27)26-18-8-4-3-5-9-18/h12-15,18H,3-11H2,1-2H3,(H,26,27)/b25-15-. The molecule has 1 saturated carbocycles. The lowest BCUT2D eigenvalue weighted by Crippen LogP contribution is -2.36. The second-order valence-corrected chi connectivity index (χ2v) is 9.27. The van der Waals surface area contributed by atoms with Gasteiger partial charge in [0.15, 0.2) is 0 Å². The quantitative estimate of drug-likeness (QED) is 0.637. The minimum Gasteiger partial charge on any atom is -0.496 e. The van der Waals surface area contributed by atoms with Crippen molar-refractivity contribution < 1.29 is 9.53 Å². The Morgan fingerprint density at radius 2 is 1.97 bits per heavy atom. The van der Waals surface area contributed by atoms with Gasteiger partial charge >= 0.3 is 0 Å². The summed E-state index contributed by atoms with van der Waals surface area (Å²) in [6.07, 6.45) is 12.2. The van der Waals surface area contributed by atoms with Crippen LogP contribution in [0.3, 0.4) is 0 Å². The van der Waals surface area contributed by atoms with Crippen molar-refractivity contribution in [1.82, 2.24) is 5.32 Å². The number of aliphatic imine (C=N–C) groups is 1. The van der Waals surface area contributed by atoms with Gasteiger partial charge in [-0.1, -0.05) is 31.4 Å². The van der Waals surface area contributed by atoms with Gasteiger partial charge in [0, 0.05) is 17.1 Å².